The van der Waals surface area contributed by atoms with Crippen LogP contribution in [-0.4, -0.2) is 73.0 Å². The number of fused-ring (bicyclic) bond motifs is 1. The highest BCUT2D eigenvalue weighted by atomic mass is 32.2. The van der Waals surface area contributed by atoms with Crippen molar-refractivity contribution in [2.24, 2.45) is 11.8 Å². The molecule has 2 aliphatic heterocycles. The van der Waals surface area contributed by atoms with Crippen molar-refractivity contribution in [3.05, 3.63) is 40.0 Å². The van der Waals surface area contributed by atoms with Gasteiger partial charge < -0.3 is 4.90 Å². The number of allylic oxidation sites excluding steroid dienone is 2. The van der Waals surface area contributed by atoms with Crippen LogP contribution in [0.3, 0.4) is 0 Å². The molecule has 0 saturated carbocycles. The number of carbonyl (C=O) groups is 3. The third-order valence-corrected chi connectivity index (χ3v) is 10.2. The fraction of sp³-hybridized carbons (Fsp3) is 0.560. The molecule has 4 rings (SSSR count). The van der Waals surface area contributed by atoms with Crippen LogP contribution in [0.4, 0.5) is 0 Å². The van der Waals surface area contributed by atoms with Gasteiger partial charge in [0.05, 0.1) is 16.7 Å². The van der Waals surface area contributed by atoms with Crippen LogP contribution in [0, 0.1) is 46.5 Å². The minimum Gasteiger partial charge on any atom is -0.338 e. The molecule has 2 saturated heterocycles. The van der Waals surface area contributed by atoms with Gasteiger partial charge in [0.2, 0.25) is 27.7 Å². The Labute approximate surface area is 201 Å². The average Bonchev–Trinajstić information content (AvgIpc) is 3.06. The lowest BCUT2D eigenvalue weighted by molar-refractivity contribution is -0.147. The lowest BCUT2D eigenvalue weighted by atomic mass is 9.85. The van der Waals surface area contributed by atoms with Crippen LogP contribution in [-0.2, 0) is 24.4 Å². The van der Waals surface area contributed by atoms with Gasteiger partial charge in [-0.05, 0) is 75.3 Å². The zero-order valence-corrected chi connectivity index (χ0v) is 21.4. The number of hydrogen-bond donors (Lipinski definition) is 0. The minimum absolute atomic E-state index is 0.177. The molecule has 0 radical (unpaired) electrons. The number of nitrogens with zero attached hydrogens (tertiary/aromatic N) is 3. The molecule has 9 heteroatoms. The standard InChI is InChI=1S/C25H33N3O5S/c1-15-16(2)18(4)23(19(5)17(15)3)34(32,33)27-12-10-26(11-13-27)22(29)14-28-24(30)20-8-6-7-9-21(20)25(28)31/h6-7,20-21H,8-14H2,1-5H3. The second-order valence-electron chi connectivity index (χ2n) is 9.66. The molecular weight excluding hydrogens is 454 g/mol. The van der Waals surface area contributed by atoms with E-state index in [2.05, 4.69) is 0 Å². The van der Waals surface area contributed by atoms with Crippen LogP contribution in [0.5, 0.6) is 0 Å². The first-order chi connectivity index (χ1) is 16.0. The van der Waals surface area contributed by atoms with Crippen LogP contribution in [0.2, 0.25) is 0 Å². The van der Waals surface area contributed by atoms with Gasteiger partial charge in [-0.3, -0.25) is 19.3 Å². The number of benzene rings is 1. The molecule has 184 valence electrons. The molecule has 1 aromatic carbocycles. The molecule has 0 aromatic heterocycles. The van der Waals surface area contributed by atoms with Gasteiger partial charge >= 0.3 is 0 Å². The number of imide groups is 1. The molecule has 2 atom stereocenters. The topological polar surface area (TPSA) is 95.1 Å². The van der Waals surface area contributed by atoms with Crippen LogP contribution < -0.4 is 0 Å². The average molecular weight is 488 g/mol. The van der Waals surface area contributed by atoms with Gasteiger partial charge in [-0.2, -0.15) is 4.31 Å². The Bertz CT molecular complexity index is 1140. The van der Waals surface area contributed by atoms with Crippen LogP contribution in [0.1, 0.15) is 40.7 Å². The SMILES string of the molecule is Cc1c(C)c(C)c(S(=O)(=O)N2CCN(C(=O)CN3C(=O)C4CC=CCC4C3=O)CC2)c(C)c1C. The molecule has 1 aromatic rings. The summed E-state index contributed by atoms with van der Waals surface area (Å²) in [6, 6.07) is 0. The Morgan fingerprint density at radius 1 is 0.794 bits per heavy atom. The number of amides is 3. The molecule has 0 spiro atoms. The molecule has 2 fully saturated rings. The van der Waals surface area contributed by atoms with E-state index in [1.54, 1.807) is 4.90 Å². The van der Waals surface area contributed by atoms with Gasteiger partial charge in [0.15, 0.2) is 0 Å². The highest BCUT2D eigenvalue weighted by Gasteiger charge is 2.48. The van der Waals surface area contributed by atoms with Gasteiger partial charge in [0, 0.05) is 26.2 Å². The molecule has 0 N–H and O–H groups in total. The van der Waals surface area contributed by atoms with Crippen molar-refractivity contribution in [1.82, 2.24) is 14.1 Å². The van der Waals surface area contributed by atoms with E-state index in [-0.39, 0.29) is 62.3 Å². The molecule has 1 aliphatic carbocycles. The summed E-state index contributed by atoms with van der Waals surface area (Å²) in [5, 5.41) is 0. The summed E-state index contributed by atoms with van der Waals surface area (Å²) in [5.41, 5.74) is 4.59. The summed E-state index contributed by atoms with van der Waals surface area (Å²) >= 11 is 0. The third-order valence-electron chi connectivity index (χ3n) is 8.01. The van der Waals surface area contributed by atoms with E-state index in [4.69, 9.17) is 0 Å². The van der Waals surface area contributed by atoms with Crippen molar-refractivity contribution >= 4 is 27.7 Å². The zero-order valence-electron chi connectivity index (χ0n) is 20.6. The Morgan fingerprint density at radius 2 is 1.24 bits per heavy atom. The van der Waals surface area contributed by atoms with Gasteiger partial charge in [0.1, 0.15) is 6.54 Å². The van der Waals surface area contributed by atoms with E-state index >= 15 is 0 Å². The third kappa shape index (κ3) is 3.88. The highest BCUT2D eigenvalue weighted by Crippen LogP contribution is 2.35. The van der Waals surface area contributed by atoms with Gasteiger partial charge in [-0.15, -0.1) is 0 Å². The first-order valence-electron chi connectivity index (χ1n) is 11.8. The smallest absolute Gasteiger partial charge is 0.243 e. The summed E-state index contributed by atoms with van der Waals surface area (Å²) in [4.78, 5) is 41.2. The normalized spacial score (nSPS) is 23.6. The maximum atomic E-state index is 13.5. The Kier molecular flexibility index (Phi) is 6.46. The monoisotopic (exact) mass is 487 g/mol. The largest absolute Gasteiger partial charge is 0.338 e. The lowest BCUT2D eigenvalue weighted by Crippen LogP contribution is -2.53. The molecular formula is C25H33N3O5S. The minimum atomic E-state index is -3.72. The van der Waals surface area contributed by atoms with Crippen LogP contribution >= 0.6 is 0 Å². The number of carbonyl (C=O) groups excluding carboxylic acids is 3. The fourth-order valence-electron chi connectivity index (χ4n) is 5.42. The Balaban J connectivity index is 1.44. The molecule has 8 nitrogen and oxygen atoms in total. The second kappa shape index (κ2) is 8.92. The second-order valence-corrected chi connectivity index (χ2v) is 11.5. The van der Waals surface area contributed by atoms with E-state index in [9.17, 15) is 22.8 Å². The molecule has 2 heterocycles. The number of hydrogen-bond acceptors (Lipinski definition) is 5. The van der Waals surface area contributed by atoms with E-state index < -0.39 is 10.0 Å². The molecule has 2 unspecified atom stereocenters. The number of piperazine rings is 1. The van der Waals surface area contributed by atoms with Gasteiger partial charge in [0.25, 0.3) is 0 Å². The first kappa shape index (κ1) is 24.6. The molecule has 34 heavy (non-hydrogen) atoms. The summed E-state index contributed by atoms with van der Waals surface area (Å²) in [6.45, 7) is 10.1. The van der Waals surface area contributed by atoms with E-state index in [1.807, 2.05) is 46.8 Å². The lowest BCUT2D eigenvalue weighted by Gasteiger charge is -2.35. The van der Waals surface area contributed by atoms with Crippen LogP contribution in [0.25, 0.3) is 0 Å². The fourth-order valence-corrected chi connectivity index (χ4v) is 7.40. The summed E-state index contributed by atoms with van der Waals surface area (Å²) in [7, 11) is -3.72. The molecule has 0 bridgehead atoms. The van der Waals surface area contributed by atoms with Gasteiger partial charge in [-0.25, -0.2) is 8.42 Å². The van der Waals surface area contributed by atoms with Crippen molar-refractivity contribution in [3.63, 3.8) is 0 Å². The number of likely N-dealkylation sites (tertiary alicyclic amines) is 1. The summed E-state index contributed by atoms with van der Waals surface area (Å²) < 4.78 is 28.5. The van der Waals surface area contributed by atoms with E-state index in [0.717, 1.165) is 32.7 Å². The molecule has 3 aliphatic rings. The quantitative estimate of drug-likeness (QED) is 0.478. The predicted molar refractivity (Wildman–Crippen MR) is 128 cm³/mol. The van der Waals surface area contributed by atoms with Crippen molar-refractivity contribution in [3.8, 4) is 0 Å². The maximum absolute atomic E-state index is 13.5. The van der Waals surface area contributed by atoms with Crippen molar-refractivity contribution < 1.29 is 22.8 Å². The van der Waals surface area contributed by atoms with Crippen molar-refractivity contribution in [2.75, 3.05) is 32.7 Å². The van der Waals surface area contributed by atoms with Crippen LogP contribution in [0.15, 0.2) is 17.0 Å². The predicted octanol–water partition coefficient (Wildman–Crippen LogP) is 2.01. The Morgan fingerprint density at radius 3 is 1.71 bits per heavy atom. The van der Waals surface area contributed by atoms with E-state index in [0.29, 0.717) is 17.7 Å². The highest BCUT2D eigenvalue weighted by molar-refractivity contribution is 7.89. The summed E-state index contributed by atoms with van der Waals surface area (Å²) in [6.07, 6.45) is 4.90. The maximum Gasteiger partial charge on any atom is 0.243 e. The molecule has 3 amide bonds. The first-order valence-corrected chi connectivity index (χ1v) is 13.3. The number of sulfonamides is 1. The van der Waals surface area contributed by atoms with Gasteiger partial charge in [-0.1, -0.05) is 12.2 Å². The Hall–Kier alpha value is -2.52. The van der Waals surface area contributed by atoms with E-state index in [1.165, 1.54) is 4.31 Å². The zero-order chi connectivity index (χ0) is 24.9. The van der Waals surface area contributed by atoms with Crippen molar-refractivity contribution in [2.45, 2.75) is 52.4 Å². The van der Waals surface area contributed by atoms with Crippen molar-refractivity contribution in [1.29, 1.82) is 0 Å². The summed E-state index contributed by atoms with van der Waals surface area (Å²) in [5.74, 6) is -1.59. The number of rotatable bonds is 4.